The summed E-state index contributed by atoms with van der Waals surface area (Å²) in [4.78, 5) is 12.3. The van der Waals surface area contributed by atoms with Crippen LogP contribution in [0, 0.1) is 5.82 Å². The summed E-state index contributed by atoms with van der Waals surface area (Å²) in [6.07, 6.45) is -1.55. The third-order valence-corrected chi connectivity index (χ3v) is 3.68. The SMILES string of the molecule is O=C(Nc1cnn(Cc2ccccc2F)c1)c1cccc(OCC(F)(F)F)c1. The maximum Gasteiger partial charge on any atom is 0.422 e. The molecule has 0 radical (unpaired) electrons. The molecule has 0 aliphatic heterocycles. The van der Waals surface area contributed by atoms with Crippen molar-refractivity contribution < 1.29 is 27.1 Å². The highest BCUT2D eigenvalue weighted by Crippen LogP contribution is 2.20. The Morgan fingerprint density at radius 2 is 1.93 bits per heavy atom. The van der Waals surface area contributed by atoms with Gasteiger partial charge in [0.15, 0.2) is 6.61 Å². The Morgan fingerprint density at radius 3 is 2.68 bits per heavy atom. The van der Waals surface area contributed by atoms with Crippen LogP contribution in [-0.2, 0) is 6.54 Å². The van der Waals surface area contributed by atoms with Crippen LogP contribution in [0.5, 0.6) is 5.75 Å². The van der Waals surface area contributed by atoms with Crippen LogP contribution in [-0.4, -0.2) is 28.5 Å². The van der Waals surface area contributed by atoms with Gasteiger partial charge in [-0.25, -0.2) is 4.39 Å². The van der Waals surface area contributed by atoms with E-state index in [9.17, 15) is 22.4 Å². The minimum absolute atomic E-state index is 0.0692. The van der Waals surface area contributed by atoms with Gasteiger partial charge in [0.25, 0.3) is 5.91 Å². The first-order valence-electron chi connectivity index (χ1n) is 8.17. The summed E-state index contributed by atoms with van der Waals surface area (Å²) in [5, 5.41) is 6.64. The molecule has 3 aromatic rings. The van der Waals surface area contributed by atoms with E-state index in [0.29, 0.717) is 11.3 Å². The van der Waals surface area contributed by atoms with Gasteiger partial charge in [0.1, 0.15) is 11.6 Å². The Labute approximate surface area is 157 Å². The summed E-state index contributed by atoms with van der Waals surface area (Å²) in [6, 6.07) is 11.7. The van der Waals surface area contributed by atoms with Crippen molar-refractivity contribution in [1.29, 1.82) is 0 Å². The van der Waals surface area contributed by atoms with Crippen LogP contribution >= 0.6 is 0 Å². The highest BCUT2D eigenvalue weighted by molar-refractivity contribution is 6.04. The number of ether oxygens (including phenoxy) is 1. The van der Waals surface area contributed by atoms with Crippen LogP contribution in [0.4, 0.5) is 23.2 Å². The van der Waals surface area contributed by atoms with E-state index < -0.39 is 18.7 Å². The number of aromatic nitrogens is 2. The van der Waals surface area contributed by atoms with E-state index in [4.69, 9.17) is 0 Å². The number of carbonyl (C=O) groups is 1. The molecule has 2 aromatic carbocycles. The Kier molecular flexibility index (Phi) is 5.62. The number of nitrogens with zero attached hydrogens (tertiary/aromatic N) is 2. The lowest BCUT2D eigenvalue weighted by Gasteiger charge is -2.10. The molecule has 0 saturated carbocycles. The second-order valence-corrected chi connectivity index (χ2v) is 5.90. The molecule has 0 atom stereocenters. The van der Waals surface area contributed by atoms with Crippen LogP contribution < -0.4 is 10.1 Å². The standard InChI is InChI=1S/C19H15F4N3O2/c20-17-7-2-1-4-14(17)10-26-11-15(9-24-26)25-18(27)13-5-3-6-16(8-13)28-12-19(21,22)23/h1-9,11H,10,12H2,(H,25,27). The molecule has 0 fully saturated rings. The highest BCUT2D eigenvalue weighted by atomic mass is 19.4. The lowest BCUT2D eigenvalue weighted by atomic mass is 10.2. The first-order chi connectivity index (χ1) is 13.3. The van der Waals surface area contributed by atoms with Crippen molar-refractivity contribution in [3.8, 4) is 5.75 Å². The molecule has 0 aliphatic carbocycles. The smallest absolute Gasteiger partial charge is 0.422 e. The second kappa shape index (κ2) is 8.12. The number of amides is 1. The van der Waals surface area contributed by atoms with Crippen molar-refractivity contribution in [3.63, 3.8) is 0 Å². The van der Waals surface area contributed by atoms with Gasteiger partial charge in [-0.2, -0.15) is 18.3 Å². The number of nitrogens with one attached hydrogen (secondary N) is 1. The largest absolute Gasteiger partial charge is 0.484 e. The normalized spacial score (nSPS) is 11.3. The number of rotatable bonds is 6. The molecular weight excluding hydrogens is 378 g/mol. The molecule has 0 unspecified atom stereocenters. The third-order valence-electron chi connectivity index (χ3n) is 3.68. The number of anilines is 1. The zero-order chi connectivity index (χ0) is 20.1. The Hall–Kier alpha value is -3.36. The summed E-state index contributed by atoms with van der Waals surface area (Å²) in [7, 11) is 0. The van der Waals surface area contributed by atoms with Crippen molar-refractivity contribution in [2.45, 2.75) is 12.7 Å². The number of hydrogen-bond acceptors (Lipinski definition) is 3. The predicted octanol–water partition coefficient (Wildman–Crippen LogP) is 4.26. The van der Waals surface area contributed by atoms with Crippen LogP contribution in [0.3, 0.4) is 0 Å². The number of alkyl halides is 3. The zero-order valence-electron chi connectivity index (χ0n) is 14.4. The minimum Gasteiger partial charge on any atom is -0.484 e. The third kappa shape index (κ3) is 5.32. The number of hydrogen-bond donors (Lipinski definition) is 1. The van der Waals surface area contributed by atoms with Crippen molar-refractivity contribution in [2.75, 3.05) is 11.9 Å². The monoisotopic (exact) mass is 393 g/mol. The molecule has 1 N–H and O–H groups in total. The second-order valence-electron chi connectivity index (χ2n) is 5.90. The number of carbonyl (C=O) groups excluding carboxylic acids is 1. The lowest BCUT2D eigenvalue weighted by Crippen LogP contribution is -2.19. The van der Waals surface area contributed by atoms with Gasteiger partial charge in [-0.3, -0.25) is 9.48 Å². The van der Waals surface area contributed by atoms with E-state index in [2.05, 4.69) is 15.2 Å². The van der Waals surface area contributed by atoms with Crippen molar-refractivity contribution in [1.82, 2.24) is 9.78 Å². The predicted molar refractivity (Wildman–Crippen MR) is 93.7 cm³/mol. The van der Waals surface area contributed by atoms with Crippen molar-refractivity contribution >= 4 is 11.6 Å². The van der Waals surface area contributed by atoms with E-state index >= 15 is 0 Å². The first kappa shape index (κ1) is 19.4. The molecule has 5 nitrogen and oxygen atoms in total. The van der Waals surface area contributed by atoms with Gasteiger partial charge < -0.3 is 10.1 Å². The summed E-state index contributed by atoms with van der Waals surface area (Å²) >= 11 is 0. The van der Waals surface area contributed by atoms with E-state index in [1.165, 1.54) is 47.4 Å². The van der Waals surface area contributed by atoms with Gasteiger partial charge in [0.05, 0.1) is 18.4 Å². The molecule has 28 heavy (non-hydrogen) atoms. The van der Waals surface area contributed by atoms with Crippen molar-refractivity contribution in [2.24, 2.45) is 0 Å². The quantitative estimate of drug-likeness (QED) is 0.637. The molecule has 1 aromatic heterocycles. The molecule has 146 valence electrons. The summed E-state index contributed by atoms with van der Waals surface area (Å²) in [5.74, 6) is -0.970. The van der Waals surface area contributed by atoms with Gasteiger partial charge in [-0.05, 0) is 24.3 Å². The molecule has 0 aliphatic rings. The topological polar surface area (TPSA) is 56.2 Å². The van der Waals surface area contributed by atoms with Crippen molar-refractivity contribution in [3.05, 3.63) is 77.9 Å². The molecular formula is C19H15F4N3O2. The molecule has 3 rings (SSSR count). The summed E-state index contributed by atoms with van der Waals surface area (Å²) in [5.41, 5.74) is 0.933. The maximum atomic E-state index is 13.7. The van der Waals surface area contributed by atoms with Gasteiger partial charge in [0, 0.05) is 17.3 Å². The first-order valence-corrected chi connectivity index (χ1v) is 8.17. The lowest BCUT2D eigenvalue weighted by molar-refractivity contribution is -0.153. The Morgan fingerprint density at radius 1 is 1.14 bits per heavy atom. The Bertz CT molecular complexity index is 970. The fourth-order valence-corrected chi connectivity index (χ4v) is 2.41. The average molecular weight is 393 g/mol. The number of halogens is 4. The zero-order valence-corrected chi connectivity index (χ0v) is 14.4. The average Bonchev–Trinajstić information content (AvgIpc) is 3.08. The van der Waals surface area contributed by atoms with E-state index in [0.717, 1.165) is 0 Å². The maximum absolute atomic E-state index is 13.7. The van der Waals surface area contributed by atoms with Gasteiger partial charge in [-0.15, -0.1) is 0 Å². The molecule has 9 heteroatoms. The molecule has 0 bridgehead atoms. The van der Waals surface area contributed by atoms with Gasteiger partial charge in [-0.1, -0.05) is 24.3 Å². The van der Waals surface area contributed by atoms with Crippen LogP contribution in [0.2, 0.25) is 0 Å². The minimum atomic E-state index is -4.47. The van der Waals surface area contributed by atoms with Gasteiger partial charge >= 0.3 is 6.18 Å². The van der Waals surface area contributed by atoms with E-state index in [1.807, 2.05) is 0 Å². The van der Waals surface area contributed by atoms with Crippen LogP contribution in [0.1, 0.15) is 15.9 Å². The molecule has 0 saturated heterocycles. The molecule has 1 heterocycles. The molecule has 0 spiro atoms. The summed E-state index contributed by atoms with van der Waals surface area (Å²) < 4.78 is 56.5. The van der Waals surface area contributed by atoms with Gasteiger partial charge in [0.2, 0.25) is 0 Å². The van der Waals surface area contributed by atoms with Crippen LogP contribution in [0.25, 0.3) is 0 Å². The molecule has 1 amide bonds. The van der Waals surface area contributed by atoms with E-state index in [1.54, 1.807) is 18.2 Å². The fourth-order valence-electron chi connectivity index (χ4n) is 2.41. The highest BCUT2D eigenvalue weighted by Gasteiger charge is 2.28. The number of benzene rings is 2. The van der Waals surface area contributed by atoms with Crippen LogP contribution in [0.15, 0.2) is 60.9 Å². The fraction of sp³-hybridized carbons (Fsp3) is 0.158. The van der Waals surface area contributed by atoms with E-state index in [-0.39, 0.29) is 23.7 Å². The Balaban J connectivity index is 1.64. The summed E-state index contributed by atoms with van der Waals surface area (Å²) in [6.45, 7) is -1.26.